The molecule has 4 aromatic rings. The number of nitrogens with zero attached hydrogens (tertiary/aromatic N) is 3. The average molecular weight is 631 g/mol. The fraction of sp³-hybridized carbons (Fsp3) is 0.410. The molecule has 0 radical (unpaired) electrons. The SMILES string of the molecule is CC1(C)CC(OC#N)CC(C)(CNC(=O)OCCN2c3ccc4ccccc4c3C(C)(C)C23C=Nc2c(ccc4ccccc24)O3)C1. The summed E-state index contributed by atoms with van der Waals surface area (Å²) >= 11 is 0. The largest absolute Gasteiger partial charge is 0.459 e. The van der Waals surface area contributed by atoms with E-state index in [2.05, 4.69) is 99.4 Å². The van der Waals surface area contributed by atoms with Crippen molar-refractivity contribution in [2.45, 2.75) is 71.1 Å². The van der Waals surface area contributed by atoms with Crippen molar-refractivity contribution in [3.63, 3.8) is 0 Å². The van der Waals surface area contributed by atoms with E-state index in [0.717, 1.165) is 46.1 Å². The molecule has 8 nitrogen and oxygen atoms in total. The zero-order chi connectivity index (χ0) is 33.0. The molecule has 1 saturated carbocycles. The third kappa shape index (κ3) is 5.22. The predicted octanol–water partition coefficient (Wildman–Crippen LogP) is 8.39. The number of hydrogen-bond donors (Lipinski definition) is 1. The van der Waals surface area contributed by atoms with Gasteiger partial charge in [0.25, 0.3) is 6.26 Å². The van der Waals surface area contributed by atoms with Gasteiger partial charge in [-0.2, -0.15) is 5.26 Å². The molecule has 242 valence electrons. The fourth-order valence-corrected chi connectivity index (χ4v) is 8.73. The number of ether oxygens (including phenoxy) is 3. The first-order valence-corrected chi connectivity index (χ1v) is 16.5. The highest BCUT2D eigenvalue weighted by Gasteiger charge is 2.60. The summed E-state index contributed by atoms with van der Waals surface area (Å²) in [5.74, 6) is 0.724. The van der Waals surface area contributed by atoms with E-state index in [1.54, 1.807) is 0 Å². The van der Waals surface area contributed by atoms with Gasteiger partial charge in [0, 0.05) is 17.6 Å². The lowest BCUT2D eigenvalue weighted by Crippen LogP contribution is -2.62. The number of amides is 1. The number of carbonyl (C=O) groups excluding carboxylic acids is 1. The van der Waals surface area contributed by atoms with Gasteiger partial charge >= 0.3 is 6.09 Å². The molecule has 3 atom stereocenters. The number of hydrogen-bond acceptors (Lipinski definition) is 7. The van der Waals surface area contributed by atoms with Crippen molar-refractivity contribution < 1.29 is 19.0 Å². The van der Waals surface area contributed by atoms with Crippen molar-refractivity contribution in [1.82, 2.24) is 5.32 Å². The molecule has 0 bridgehead atoms. The van der Waals surface area contributed by atoms with E-state index in [1.165, 1.54) is 10.9 Å². The smallest absolute Gasteiger partial charge is 0.407 e. The van der Waals surface area contributed by atoms with Crippen molar-refractivity contribution in [2.75, 3.05) is 24.6 Å². The van der Waals surface area contributed by atoms with Crippen LogP contribution in [0.2, 0.25) is 0 Å². The molecule has 2 aliphatic heterocycles. The molecule has 1 amide bonds. The van der Waals surface area contributed by atoms with E-state index >= 15 is 0 Å². The molecule has 0 saturated heterocycles. The summed E-state index contributed by atoms with van der Waals surface area (Å²) in [6.45, 7) is 11.9. The number of carbonyl (C=O) groups is 1. The fourth-order valence-electron chi connectivity index (χ4n) is 8.73. The zero-order valence-electron chi connectivity index (χ0n) is 27.8. The van der Waals surface area contributed by atoms with E-state index in [-0.39, 0.29) is 23.5 Å². The molecule has 1 N–H and O–H groups in total. The summed E-state index contributed by atoms with van der Waals surface area (Å²) in [6, 6.07) is 25.0. The molecule has 1 spiro atoms. The predicted molar refractivity (Wildman–Crippen MR) is 185 cm³/mol. The first-order valence-electron chi connectivity index (χ1n) is 16.5. The monoisotopic (exact) mass is 630 g/mol. The van der Waals surface area contributed by atoms with Crippen molar-refractivity contribution in [1.29, 1.82) is 5.26 Å². The van der Waals surface area contributed by atoms with E-state index in [0.29, 0.717) is 19.5 Å². The molecule has 7 rings (SSSR count). The average Bonchev–Trinajstić information content (AvgIpc) is 3.21. The van der Waals surface area contributed by atoms with Crippen LogP contribution in [0.15, 0.2) is 77.8 Å². The van der Waals surface area contributed by atoms with Gasteiger partial charge in [0.2, 0.25) is 5.72 Å². The van der Waals surface area contributed by atoms with E-state index in [1.807, 2.05) is 30.7 Å². The van der Waals surface area contributed by atoms with Crippen molar-refractivity contribution in [3.8, 4) is 12.0 Å². The number of benzene rings is 4. The van der Waals surface area contributed by atoms with E-state index in [4.69, 9.17) is 24.5 Å². The van der Waals surface area contributed by atoms with Gasteiger partial charge < -0.3 is 24.4 Å². The van der Waals surface area contributed by atoms with Gasteiger partial charge in [0.15, 0.2) is 0 Å². The van der Waals surface area contributed by atoms with Crippen LogP contribution in [-0.2, 0) is 14.9 Å². The maximum atomic E-state index is 13.1. The summed E-state index contributed by atoms with van der Waals surface area (Å²) in [5, 5.41) is 16.6. The van der Waals surface area contributed by atoms with Gasteiger partial charge in [-0.15, -0.1) is 0 Å². The van der Waals surface area contributed by atoms with Crippen LogP contribution >= 0.6 is 0 Å². The number of alkyl carbamates (subject to hydrolysis) is 1. The number of aliphatic imine (C=N–C) groups is 1. The summed E-state index contributed by atoms with van der Waals surface area (Å²) in [6.07, 6.45) is 5.61. The molecule has 47 heavy (non-hydrogen) atoms. The van der Waals surface area contributed by atoms with Gasteiger partial charge in [-0.25, -0.2) is 4.79 Å². The maximum Gasteiger partial charge on any atom is 0.407 e. The lowest BCUT2D eigenvalue weighted by molar-refractivity contribution is -0.0107. The highest BCUT2D eigenvalue weighted by Crippen LogP contribution is 2.56. The second-order valence-electron chi connectivity index (χ2n) is 15.0. The summed E-state index contributed by atoms with van der Waals surface area (Å²) in [7, 11) is 0. The van der Waals surface area contributed by atoms with Crippen LogP contribution in [0.5, 0.6) is 5.75 Å². The first kappa shape index (κ1) is 30.9. The molecule has 0 aromatic heterocycles. The molecular weight excluding hydrogens is 588 g/mol. The Morgan fingerprint density at radius 2 is 1.68 bits per heavy atom. The van der Waals surface area contributed by atoms with Gasteiger partial charge in [-0.05, 0) is 77.8 Å². The van der Waals surface area contributed by atoms with Crippen molar-refractivity contribution in [3.05, 3.63) is 78.4 Å². The van der Waals surface area contributed by atoms with Crippen LogP contribution in [-0.4, -0.2) is 43.8 Å². The Labute approximate surface area is 276 Å². The van der Waals surface area contributed by atoms with Gasteiger partial charge in [-0.1, -0.05) is 81.4 Å². The Morgan fingerprint density at radius 1 is 0.979 bits per heavy atom. The molecule has 1 aliphatic carbocycles. The molecule has 8 heteroatoms. The number of nitrogens with one attached hydrogen (secondary N) is 1. The quantitative estimate of drug-likeness (QED) is 0.215. The van der Waals surface area contributed by atoms with Gasteiger partial charge in [0.05, 0.1) is 18.2 Å². The molecule has 3 aliphatic rings. The summed E-state index contributed by atoms with van der Waals surface area (Å²) in [5.41, 5.74) is 1.36. The van der Waals surface area contributed by atoms with Crippen molar-refractivity contribution in [2.24, 2.45) is 15.8 Å². The molecule has 1 fully saturated rings. The molecule has 4 aromatic carbocycles. The third-order valence-corrected chi connectivity index (χ3v) is 10.5. The Kier molecular flexibility index (Phi) is 7.35. The minimum absolute atomic E-state index is 0.000987. The van der Waals surface area contributed by atoms with Gasteiger partial charge in [0.1, 0.15) is 24.1 Å². The minimum atomic E-state index is -0.953. The Bertz CT molecular complexity index is 1940. The van der Waals surface area contributed by atoms with E-state index in [9.17, 15) is 4.79 Å². The normalized spacial score (nSPS) is 25.1. The Morgan fingerprint density at radius 3 is 2.45 bits per heavy atom. The number of fused-ring (bicyclic) bond motifs is 6. The van der Waals surface area contributed by atoms with Crippen LogP contribution < -0.4 is 15.0 Å². The molecular formula is C39H42N4O4. The topological polar surface area (TPSA) is 96.2 Å². The van der Waals surface area contributed by atoms with Crippen LogP contribution in [0.3, 0.4) is 0 Å². The lowest BCUT2D eigenvalue weighted by Gasteiger charge is -2.46. The Balaban J connectivity index is 1.14. The second-order valence-corrected chi connectivity index (χ2v) is 15.0. The summed E-state index contributed by atoms with van der Waals surface area (Å²) < 4.78 is 18.2. The van der Waals surface area contributed by atoms with Crippen LogP contribution in [0, 0.1) is 22.3 Å². The Hall–Kier alpha value is -4.77. The first-order chi connectivity index (χ1) is 22.5. The molecule has 3 unspecified atom stereocenters. The van der Waals surface area contributed by atoms with Crippen LogP contribution in [0.1, 0.15) is 59.4 Å². The maximum absolute atomic E-state index is 13.1. The van der Waals surface area contributed by atoms with E-state index < -0.39 is 17.2 Å². The standard InChI is InChI=1S/C39H42N4O4/c1-36(2)20-28(46-25-40)21-38(5,22-36)23-42-35(44)45-19-18-43-31-16-14-26-10-6-8-12-29(26)33(31)37(3,4)39(43)24-41-34-30-13-9-7-11-27(30)15-17-32(34)47-39/h6-17,24,28H,18-23H2,1-5H3,(H,42,44). The van der Waals surface area contributed by atoms with Crippen LogP contribution in [0.4, 0.5) is 16.2 Å². The minimum Gasteiger partial charge on any atom is -0.459 e. The highest BCUT2D eigenvalue weighted by molar-refractivity contribution is 6.02. The zero-order valence-corrected chi connectivity index (χ0v) is 27.8. The van der Waals surface area contributed by atoms with Crippen LogP contribution in [0.25, 0.3) is 21.5 Å². The third-order valence-electron chi connectivity index (χ3n) is 10.5. The lowest BCUT2D eigenvalue weighted by atomic mass is 9.63. The van der Waals surface area contributed by atoms with Gasteiger partial charge in [-0.3, -0.25) is 4.99 Å². The highest BCUT2D eigenvalue weighted by atomic mass is 16.6. The summed E-state index contributed by atoms with van der Waals surface area (Å²) in [4.78, 5) is 20.4. The number of nitriles is 1. The number of rotatable bonds is 6. The number of anilines is 1. The van der Waals surface area contributed by atoms with Crippen molar-refractivity contribution >= 4 is 45.2 Å². The molecule has 2 heterocycles. The second kappa shape index (κ2) is 11.2.